The molecular formula is C22H14N2S2. The Morgan fingerprint density at radius 1 is 0.692 bits per heavy atom. The Morgan fingerprint density at radius 2 is 1.08 bits per heavy atom. The molecule has 4 heteroatoms. The SMILES string of the molecule is C[C@]12Sc3ccccc3C1=C(C#N)C(C#N)=C1c3ccccc3S[C@]12C. The Balaban J connectivity index is 1.94. The first-order chi connectivity index (χ1) is 12.5. The molecule has 0 saturated heterocycles. The van der Waals surface area contributed by atoms with E-state index in [1.165, 1.54) is 9.79 Å². The number of hydrogen-bond acceptors (Lipinski definition) is 4. The highest BCUT2D eigenvalue weighted by Crippen LogP contribution is 2.71. The molecule has 0 unspecified atom stereocenters. The molecule has 0 radical (unpaired) electrons. The summed E-state index contributed by atoms with van der Waals surface area (Å²) in [6.45, 7) is 4.47. The summed E-state index contributed by atoms with van der Waals surface area (Å²) in [5.41, 5.74) is 5.31. The molecule has 5 rings (SSSR count). The molecule has 3 aliphatic rings. The fourth-order valence-electron chi connectivity index (χ4n) is 4.47. The third-order valence-electron chi connectivity index (χ3n) is 5.78. The van der Waals surface area contributed by atoms with E-state index in [-0.39, 0.29) is 9.49 Å². The number of allylic oxidation sites excluding steroid dienone is 2. The van der Waals surface area contributed by atoms with Crippen molar-refractivity contribution in [3.8, 4) is 12.1 Å². The van der Waals surface area contributed by atoms with Gasteiger partial charge in [0.05, 0.1) is 20.6 Å². The topological polar surface area (TPSA) is 47.6 Å². The van der Waals surface area contributed by atoms with Crippen molar-refractivity contribution in [2.45, 2.75) is 33.1 Å². The largest absolute Gasteiger partial charge is 0.192 e. The van der Waals surface area contributed by atoms with E-state index in [0.717, 1.165) is 22.3 Å². The summed E-state index contributed by atoms with van der Waals surface area (Å²) in [5, 5.41) is 20.0. The predicted molar refractivity (Wildman–Crippen MR) is 106 cm³/mol. The van der Waals surface area contributed by atoms with E-state index in [0.29, 0.717) is 11.1 Å². The average molecular weight is 371 g/mol. The number of benzene rings is 2. The summed E-state index contributed by atoms with van der Waals surface area (Å²) in [6, 6.07) is 21.3. The minimum Gasteiger partial charge on any atom is -0.192 e. The number of nitriles is 2. The van der Waals surface area contributed by atoms with Crippen molar-refractivity contribution in [2.75, 3.05) is 0 Å². The van der Waals surface area contributed by atoms with E-state index >= 15 is 0 Å². The Hall–Kier alpha value is -2.40. The van der Waals surface area contributed by atoms with Gasteiger partial charge >= 0.3 is 0 Å². The zero-order chi connectivity index (χ0) is 18.1. The van der Waals surface area contributed by atoms with Gasteiger partial charge in [0.15, 0.2) is 0 Å². The summed E-state index contributed by atoms with van der Waals surface area (Å²) < 4.78 is -0.609. The predicted octanol–water partition coefficient (Wildman–Crippen LogP) is 5.68. The number of rotatable bonds is 0. The summed E-state index contributed by atoms with van der Waals surface area (Å²) in [6.07, 6.45) is 0. The summed E-state index contributed by atoms with van der Waals surface area (Å²) >= 11 is 3.65. The standard InChI is InChI=1S/C22H14N2S2/c1-21-19(13-7-3-5-9-17(13)25-21)15(11-23)16(12-24)20-14-8-4-6-10-18(14)26-22(20,21)2/h3-10H,1-2H3/t21-,22+. The summed E-state index contributed by atoms with van der Waals surface area (Å²) in [4.78, 5) is 2.38. The zero-order valence-electron chi connectivity index (χ0n) is 14.3. The monoisotopic (exact) mass is 370 g/mol. The molecule has 0 bridgehead atoms. The molecule has 1 aliphatic carbocycles. The minimum atomic E-state index is -0.304. The molecule has 2 atom stereocenters. The van der Waals surface area contributed by atoms with Crippen molar-refractivity contribution in [1.82, 2.24) is 0 Å². The number of thioether (sulfide) groups is 2. The normalized spacial score (nSPS) is 28.0. The van der Waals surface area contributed by atoms with Crippen LogP contribution in [0.4, 0.5) is 0 Å². The lowest BCUT2D eigenvalue weighted by atomic mass is 9.69. The summed E-state index contributed by atoms with van der Waals surface area (Å²) in [7, 11) is 0. The number of nitrogens with zero attached hydrogens (tertiary/aromatic N) is 2. The van der Waals surface area contributed by atoms with E-state index in [1.807, 2.05) is 47.8 Å². The Kier molecular flexibility index (Phi) is 3.09. The lowest BCUT2D eigenvalue weighted by molar-refractivity contribution is 0.689. The molecule has 2 heterocycles. The second-order valence-corrected chi connectivity index (χ2v) is 9.91. The van der Waals surface area contributed by atoms with E-state index in [1.54, 1.807) is 0 Å². The van der Waals surface area contributed by atoms with Gasteiger partial charge < -0.3 is 0 Å². The second-order valence-electron chi connectivity index (χ2n) is 6.99. The fourth-order valence-corrected chi connectivity index (χ4v) is 7.68. The first-order valence-electron chi connectivity index (χ1n) is 8.42. The summed E-state index contributed by atoms with van der Waals surface area (Å²) in [5.74, 6) is 0. The Bertz CT molecular complexity index is 1050. The van der Waals surface area contributed by atoms with Crippen molar-refractivity contribution in [2.24, 2.45) is 0 Å². The molecule has 0 N–H and O–H groups in total. The molecule has 0 fully saturated rings. The van der Waals surface area contributed by atoms with Crippen LogP contribution in [0, 0.1) is 22.7 Å². The quantitative estimate of drug-likeness (QED) is 0.598. The van der Waals surface area contributed by atoms with Crippen LogP contribution in [0.3, 0.4) is 0 Å². The maximum Gasteiger partial charge on any atom is 0.101 e. The molecule has 0 aromatic heterocycles. The number of hydrogen-bond donors (Lipinski definition) is 0. The van der Waals surface area contributed by atoms with Crippen molar-refractivity contribution in [3.63, 3.8) is 0 Å². The van der Waals surface area contributed by atoms with Crippen LogP contribution in [0.2, 0.25) is 0 Å². The van der Waals surface area contributed by atoms with Gasteiger partial charge in [-0.05, 0) is 48.3 Å². The maximum atomic E-state index is 10.0. The fraction of sp³-hybridized carbons (Fsp3) is 0.182. The molecule has 2 nitrogen and oxygen atoms in total. The Labute approximate surface area is 161 Å². The van der Waals surface area contributed by atoms with Crippen LogP contribution in [-0.2, 0) is 0 Å². The average Bonchev–Trinajstić information content (AvgIpc) is 3.13. The van der Waals surface area contributed by atoms with Crippen LogP contribution in [0.5, 0.6) is 0 Å². The third kappa shape index (κ3) is 1.65. The maximum absolute atomic E-state index is 10.0. The van der Waals surface area contributed by atoms with Gasteiger partial charge in [-0.25, -0.2) is 0 Å². The molecule has 0 saturated carbocycles. The lowest BCUT2D eigenvalue weighted by Gasteiger charge is -2.45. The Morgan fingerprint density at radius 3 is 1.46 bits per heavy atom. The third-order valence-corrected chi connectivity index (χ3v) is 9.10. The zero-order valence-corrected chi connectivity index (χ0v) is 16.0. The van der Waals surface area contributed by atoms with Gasteiger partial charge in [0.2, 0.25) is 0 Å². The molecule has 0 spiro atoms. The molecule has 26 heavy (non-hydrogen) atoms. The molecule has 0 amide bonds. The molecule has 124 valence electrons. The van der Waals surface area contributed by atoms with Crippen LogP contribution in [0.25, 0.3) is 11.1 Å². The first-order valence-corrected chi connectivity index (χ1v) is 10.1. The van der Waals surface area contributed by atoms with Gasteiger partial charge in [-0.2, -0.15) is 10.5 Å². The van der Waals surface area contributed by atoms with Crippen molar-refractivity contribution in [3.05, 3.63) is 70.8 Å². The van der Waals surface area contributed by atoms with Crippen LogP contribution < -0.4 is 0 Å². The van der Waals surface area contributed by atoms with E-state index in [2.05, 4.69) is 50.3 Å². The van der Waals surface area contributed by atoms with E-state index < -0.39 is 0 Å². The van der Waals surface area contributed by atoms with Crippen molar-refractivity contribution < 1.29 is 0 Å². The van der Waals surface area contributed by atoms with Crippen LogP contribution in [0.1, 0.15) is 25.0 Å². The van der Waals surface area contributed by atoms with Gasteiger partial charge in [0, 0.05) is 9.79 Å². The lowest BCUT2D eigenvalue weighted by Crippen LogP contribution is -2.46. The minimum absolute atomic E-state index is 0.304. The van der Waals surface area contributed by atoms with Gasteiger partial charge in [0.1, 0.15) is 12.1 Å². The molecule has 2 aliphatic heterocycles. The van der Waals surface area contributed by atoms with Crippen LogP contribution in [0.15, 0.2) is 69.5 Å². The van der Waals surface area contributed by atoms with Crippen LogP contribution in [-0.4, -0.2) is 9.49 Å². The van der Waals surface area contributed by atoms with Crippen LogP contribution >= 0.6 is 23.5 Å². The van der Waals surface area contributed by atoms with Crippen molar-refractivity contribution >= 4 is 34.7 Å². The second kappa shape index (κ2) is 5.07. The van der Waals surface area contributed by atoms with E-state index in [9.17, 15) is 10.5 Å². The number of fused-ring (bicyclic) bond motifs is 7. The molecular weight excluding hydrogens is 356 g/mol. The van der Waals surface area contributed by atoms with E-state index in [4.69, 9.17) is 0 Å². The molecule has 2 aromatic rings. The highest BCUT2D eigenvalue weighted by Gasteiger charge is 2.61. The first kappa shape index (κ1) is 15.8. The highest BCUT2D eigenvalue weighted by molar-refractivity contribution is 8.06. The van der Waals surface area contributed by atoms with Gasteiger partial charge in [0.25, 0.3) is 0 Å². The van der Waals surface area contributed by atoms with Crippen molar-refractivity contribution in [1.29, 1.82) is 10.5 Å². The van der Waals surface area contributed by atoms with Gasteiger partial charge in [-0.3, -0.25) is 0 Å². The smallest absolute Gasteiger partial charge is 0.101 e. The van der Waals surface area contributed by atoms with Gasteiger partial charge in [-0.15, -0.1) is 23.5 Å². The highest BCUT2D eigenvalue weighted by atomic mass is 32.2. The van der Waals surface area contributed by atoms with Gasteiger partial charge in [-0.1, -0.05) is 36.4 Å². The molecule has 2 aromatic carbocycles.